The molecule has 0 radical (unpaired) electrons. The summed E-state index contributed by atoms with van der Waals surface area (Å²) < 4.78 is 4.51. The fraction of sp³-hybridized carbons (Fsp3) is 0.778. The molecular weight excluding hydrogens is 170 g/mol. The summed E-state index contributed by atoms with van der Waals surface area (Å²) in [7, 11) is 0. The minimum atomic E-state index is -0.476. The Morgan fingerprint density at radius 1 is 1.31 bits per heavy atom. The highest BCUT2D eigenvalue weighted by Gasteiger charge is 2.09. The van der Waals surface area contributed by atoms with Gasteiger partial charge in [-0.15, -0.1) is 0 Å². The van der Waals surface area contributed by atoms with Crippen LogP contribution in [0.15, 0.2) is 0 Å². The zero-order valence-corrected chi connectivity index (χ0v) is 8.21. The van der Waals surface area contributed by atoms with E-state index in [1.165, 1.54) is 0 Å². The maximum Gasteiger partial charge on any atom is 0.313 e. The molecule has 0 aliphatic carbocycles. The van der Waals surface area contributed by atoms with Gasteiger partial charge in [-0.25, -0.2) is 0 Å². The van der Waals surface area contributed by atoms with Crippen LogP contribution < -0.4 is 5.73 Å². The molecule has 0 spiro atoms. The summed E-state index contributed by atoms with van der Waals surface area (Å²) >= 11 is 0. The van der Waals surface area contributed by atoms with Crippen LogP contribution in [-0.2, 0) is 14.3 Å². The van der Waals surface area contributed by atoms with Gasteiger partial charge in [0.25, 0.3) is 0 Å². The summed E-state index contributed by atoms with van der Waals surface area (Å²) in [5.41, 5.74) is 5.44. The second kappa shape index (κ2) is 6.60. The molecule has 4 heteroatoms. The maximum atomic E-state index is 10.9. The fourth-order valence-electron chi connectivity index (χ4n) is 0.779. The minimum Gasteiger partial charge on any atom is -0.393 e. The zero-order chi connectivity index (χ0) is 10.3. The molecule has 0 aliphatic rings. The molecule has 1 atom stereocenters. The van der Waals surface area contributed by atoms with Gasteiger partial charge in [0.1, 0.15) is 0 Å². The van der Waals surface area contributed by atoms with Gasteiger partial charge in [-0.2, -0.15) is 0 Å². The van der Waals surface area contributed by atoms with Crippen LogP contribution in [0, 0.1) is 0 Å². The van der Waals surface area contributed by atoms with Gasteiger partial charge in [0.2, 0.25) is 0 Å². The molecule has 76 valence electrons. The van der Waals surface area contributed by atoms with E-state index in [2.05, 4.69) is 4.74 Å². The summed E-state index contributed by atoms with van der Waals surface area (Å²) in [6.07, 6.45) is 1.76. The van der Waals surface area contributed by atoms with Gasteiger partial charge < -0.3 is 10.5 Å². The van der Waals surface area contributed by atoms with E-state index in [4.69, 9.17) is 5.73 Å². The minimum absolute atomic E-state index is 0.0335. The lowest BCUT2D eigenvalue weighted by atomic mass is 10.2. The topological polar surface area (TPSA) is 69.4 Å². The molecule has 4 nitrogen and oxygen atoms in total. The molecule has 0 bridgehead atoms. The number of hydrogen-bond acceptors (Lipinski definition) is 4. The number of ether oxygens (including phenoxy) is 1. The summed E-state index contributed by atoms with van der Waals surface area (Å²) in [6.45, 7) is 3.66. The molecule has 0 saturated carbocycles. The molecule has 0 amide bonds. The molecule has 0 saturated heterocycles. The van der Waals surface area contributed by atoms with Crippen LogP contribution in [0.25, 0.3) is 0 Å². The van der Waals surface area contributed by atoms with E-state index in [1.807, 2.05) is 6.92 Å². The lowest BCUT2D eigenvalue weighted by Crippen LogP contribution is -2.18. The van der Waals surface area contributed by atoms with Crippen LogP contribution in [0.3, 0.4) is 0 Å². The van der Waals surface area contributed by atoms with Gasteiger partial charge in [0.15, 0.2) is 0 Å². The van der Waals surface area contributed by atoms with Gasteiger partial charge in [-0.1, -0.05) is 6.92 Å². The monoisotopic (exact) mass is 187 g/mol. The van der Waals surface area contributed by atoms with Crippen molar-refractivity contribution in [1.82, 2.24) is 0 Å². The molecule has 0 aromatic heterocycles. The molecule has 13 heavy (non-hydrogen) atoms. The Hall–Kier alpha value is -0.900. The molecular formula is C9H17NO3. The number of rotatable bonds is 5. The van der Waals surface area contributed by atoms with Crippen molar-refractivity contribution in [3.05, 3.63) is 0 Å². The Labute approximate surface area is 78.4 Å². The summed E-state index contributed by atoms with van der Waals surface area (Å²) in [4.78, 5) is 21.8. The molecule has 0 aliphatic heterocycles. The van der Waals surface area contributed by atoms with Gasteiger partial charge in [0, 0.05) is 18.9 Å². The molecule has 0 aromatic carbocycles. The first-order chi connectivity index (χ1) is 6.06. The average molecular weight is 187 g/mol. The Bertz CT molecular complexity index is 178. The predicted molar refractivity (Wildman–Crippen MR) is 48.9 cm³/mol. The smallest absolute Gasteiger partial charge is 0.313 e. The van der Waals surface area contributed by atoms with Crippen LogP contribution in [0.5, 0.6) is 0 Å². The number of nitrogens with two attached hydrogens (primary N) is 1. The third-order valence-electron chi connectivity index (χ3n) is 1.49. The van der Waals surface area contributed by atoms with Gasteiger partial charge in [-0.3, -0.25) is 9.59 Å². The average Bonchev–Trinajstić information content (AvgIpc) is 2.01. The van der Waals surface area contributed by atoms with Gasteiger partial charge >= 0.3 is 11.9 Å². The third-order valence-corrected chi connectivity index (χ3v) is 1.49. The van der Waals surface area contributed by atoms with E-state index >= 15 is 0 Å². The Morgan fingerprint density at radius 3 is 2.31 bits per heavy atom. The molecule has 0 aromatic rings. The maximum absolute atomic E-state index is 10.9. The van der Waals surface area contributed by atoms with E-state index in [9.17, 15) is 9.59 Å². The highest BCUT2D eigenvalue weighted by atomic mass is 16.6. The van der Waals surface area contributed by atoms with Crippen molar-refractivity contribution >= 4 is 11.9 Å². The van der Waals surface area contributed by atoms with E-state index in [1.54, 1.807) is 6.92 Å². The van der Waals surface area contributed by atoms with E-state index < -0.39 is 11.9 Å². The van der Waals surface area contributed by atoms with Crippen LogP contribution in [0.1, 0.15) is 39.5 Å². The molecule has 0 rings (SSSR count). The second-order valence-electron chi connectivity index (χ2n) is 3.11. The molecule has 0 heterocycles. The third kappa shape index (κ3) is 7.46. The Balaban J connectivity index is 3.56. The predicted octanol–water partition coefficient (Wildman–Crippen LogP) is 0.984. The van der Waals surface area contributed by atoms with Crippen molar-refractivity contribution in [2.24, 2.45) is 5.73 Å². The molecule has 1 unspecified atom stereocenters. The number of carbonyl (C=O) groups is 2. The van der Waals surface area contributed by atoms with Crippen LogP contribution in [-0.4, -0.2) is 18.0 Å². The molecule has 0 fully saturated rings. The summed E-state index contributed by atoms with van der Waals surface area (Å²) in [6, 6.07) is -0.0335. The van der Waals surface area contributed by atoms with Crippen LogP contribution >= 0.6 is 0 Å². The summed E-state index contributed by atoms with van der Waals surface area (Å²) in [5.74, 6) is -0.923. The lowest BCUT2D eigenvalue weighted by Gasteiger charge is -2.03. The fourth-order valence-corrected chi connectivity index (χ4v) is 0.779. The SMILES string of the molecule is CCCC(=O)OC(=O)CCC(C)N. The van der Waals surface area contributed by atoms with Crippen molar-refractivity contribution in [2.45, 2.75) is 45.6 Å². The Morgan fingerprint density at radius 2 is 1.85 bits per heavy atom. The first-order valence-electron chi connectivity index (χ1n) is 4.55. The largest absolute Gasteiger partial charge is 0.393 e. The quantitative estimate of drug-likeness (QED) is 0.514. The van der Waals surface area contributed by atoms with Gasteiger partial charge in [0.05, 0.1) is 0 Å². The highest BCUT2D eigenvalue weighted by Crippen LogP contribution is 1.98. The van der Waals surface area contributed by atoms with Crippen molar-refractivity contribution in [3.63, 3.8) is 0 Å². The number of hydrogen-bond donors (Lipinski definition) is 1. The first-order valence-corrected chi connectivity index (χ1v) is 4.55. The summed E-state index contributed by atoms with van der Waals surface area (Å²) in [5, 5.41) is 0. The van der Waals surface area contributed by atoms with Gasteiger partial charge in [-0.05, 0) is 19.8 Å². The Kier molecular flexibility index (Phi) is 6.14. The van der Waals surface area contributed by atoms with Crippen molar-refractivity contribution in [3.8, 4) is 0 Å². The van der Waals surface area contributed by atoms with E-state index in [0.717, 1.165) is 0 Å². The normalized spacial score (nSPS) is 12.2. The number of esters is 2. The van der Waals surface area contributed by atoms with Crippen molar-refractivity contribution in [2.75, 3.05) is 0 Å². The van der Waals surface area contributed by atoms with E-state index in [0.29, 0.717) is 19.3 Å². The van der Waals surface area contributed by atoms with Crippen molar-refractivity contribution in [1.29, 1.82) is 0 Å². The first kappa shape index (κ1) is 12.1. The number of carbonyl (C=O) groups excluding carboxylic acids is 2. The lowest BCUT2D eigenvalue weighted by molar-refractivity contribution is -0.159. The van der Waals surface area contributed by atoms with Crippen LogP contribution in [0.2, 0.25) is 0 Å². The highest BCUT2D eigenvalue weighted by molar-refractivity contribution is 5.85. The van der Waals surface area contributed by atoms with Crippen molar-refractivity contribution < 1.29 is 14.3 Å². The van der Waals surface area contributed by atoms with E-state index in [-0.39, 0.29) is 12.5 Å². The molecule has 2 N–H and O–H groups in total. The zero-order valence-electron chi connectivity index (χ0n) is 8.21. The van der Waals surface area contributed by atoms with Crippen LogP contribution in [0.4, 0.5) is 0 Å². The second-order valence-corrected chi connectivity index (χ2v) is 3.11. The standard InChI is InChI=1S/C9H17NO3/c1-3-4-8(11)13-9(12)6-5-7(2)10/h7H,3-6,10H2,1-2H3.